The van der Waals surface area contributed by atoms with Crippen molar-refractivity contribution in [2.24, 2.45) is 10.7 Å². The third kappa shape index (κ3) is 7.64. The third-order valence-corrected chi connectivity index (χ3v) is 6.82. The summed E-state index contributed by atoms with van der Waals surface area (Å²) in [6.45, 7) is 2.13. The highest BCUT2D eigenvalue weighted by Gasteiger charge is 2.13. The van der Waals surface area contributed by atoms with E-state index in [0.29, 0.717) is 29.5 Å². The number of hydrogen-bond donors (Lipinski definition) is 3. The van der Waals surface area contributed by atoms with Crippen molar-refractivity contribution in [3.63, 3.8) is 0 Å². The maximum atomic E-state index is 13.0. The molecule has 0 atom stereocenters. The van der Waals surface area contributed by atoms with Gasteiger partial charge in [-0.15, -0.1) is 0 Å². The number of nitrogens with zero attached hydrogens (tertiary/aromatic N) is 2. The van der Waals surface area contributed by atoms with Gasteiger partial charge in [0.05, 0.1) is 23.6 Å². The molecular formula is C29H28FN5O4S. The van der Waals surface area contributed by atoms with Gasteiger partial charge in [-0.25, -0.2) is 17.8 Å². The summed E-state index contributed by atoms with van der Waals surface area (Å²) < 4.78 is 42.3. The van der Waals surface area contributed by atoms with E-state index in [9.17, 15) is 17.6 Å². The van der Waals surface area contributed by atoms with Gasteiger partial charge in [-0.3, -0.25) is 4.79 Å². The Kier molecular flexibility index (Phi) is 8.75. The van der Waals surface area contributed by atoms with Crippen molar-refractivity contribution in [2.75, 3.05) is 23.5 Å². The molecule has 40 heavy (non-hydrogen) atoms. The van der Waals surface area contributed by atoms with Crippen molar-refractivity contribution in [1.29, 1.82) is 0 Å². The molecule has 0 bridgehead atoms. The highest BCUT2D eigenvalue weighted by Crippen LogP contribution is 2.28. The lowest BCUT2D eigenvalue weighted by Crippen LogP contribution is -2.22. The molecule has 4 N–H and O–H groups in total. The Bertz CT molecular complexity index is 1620. The second-order valence-electron chi connectivity index (χ2n) is 8.82. The average Bonchev–Trinajstić information content (AvgIpc) is 2.91. The van der Waals surface area contributed by atoms with Crippen molar-refractivity contribution < 1.29 is 22.3 Å². The van der Waals surface area contributed by atoms with Gasteiger partial charge in [-0.05, 0) is 66.6 Å². The molecule has 206 valence electrons. The molecule has 4 rings (SSSR count). The standard InChI is InChI=1S/C29H28FN5O4S/c1-3-39-26-17-24(40(2,37)38)13-14-25(26)34-29(31)35-27-15-8-21(18-32-27)20-6-11-23(12-7-20)33-28(36)16-19-4-9-22(30)10-5-19/h4-15,17-18H,3,16H2,1-2H3,(H,33,36)(H3,31,32,34,35). The molecule has 1 heterocycles. The fourth-order valence-electron chi connectivity index (χ4n) is 3.76. The topological polar surface area (TPSA) is 136 Å². The van der Waals surface area contributed by atoms with E-state index in [4.69, 9.17) is 10.5 Å². The zero-order valence-electron chi connectivity index (χ0n) is 21.9. The predicted molar refractivity (Wildman–Crippen MR) is 154 cm³/mol. The van der Waals surface area contributed by atoms with E-state index in [1.54, 1.807) is 49.5 Å². The molecule has 4 aromatic rings. The van der Waals surface area contributed by atoms with Crippen LogP contribution >= 0.6 is 0 Å². The smallest absolute Gasteiger partial charge is 0.228 e. The fourth-order valence-corrected chi connectivity index (χ4v) is 4.40. The van der Waals surface area contributed by atoms with Gasteiger partial charge >= 0.3 is 0 Å². The number of aliphatic imine (C=N–C) groups is 1. The molecular weight excluding hydrogens is 533 g/mol. The number of nitrogens with two attached hydrogens (primary N) is 1. The molecule has 3 aromatic carbocycles. The molecule has 0 fully saturated rings. The van der Waals surface area contributed by atoms with Gasteiger partial charge in [0.15, 0.2) is 21.6 Å². The Balaban J connectivity index is 1.39. The molecule has 0 spiro atoms. The molecule has 0 aliphatic heterocycles. The van der Waals surface area contributed by atoms with Crippen LogP contribution < -0.4 is 21.1 Å². The summed E-state index contributed by atoms with van der Waals surface area (Å²) in [5.41, 5.74) is 9.62. The number of pyridine rings is 1. The van der Waals surface area contributed by atoms with E-state index < -0.39 is 9.84 Å². The van der Waals surface area contributed by atoms with Gasteiger partial charge in [0.1, 0.15) is 11.6 Å². The number of hydrogen-bond acceptors (Lipinski definition) is 6. The lowest BCUT2D eigenvalue weighted by atomic mass is 10.1. The van der Waals surface area contributed by atoms with Crippen molar-refractivity contribution in [2.45, 2.75) is 18.2 Å². The molecule has 0 radical (unpaired) electrons. The molecule has 1 amide bonds. The minimum absolute atomic E-state index is 0.0500. The summed E-state index contributed by atoms with van der Waals surface area (Å²) >= 11 is 0. The van der Waals surface area contributed by atoms with Crippen molar-refractivity contribution in [3.05, 3.63) is 96.4 Å². The number of carbonyl (C=O) groups is 1. The summed E-state index contributed by atoms with van der Waals surface area (Å²) in [6.07, 6.45) is 2.92. The van der Waals surface area contributed by atoms with Crippen molar-refractivity contribution >= 4 is 38.9 Å². The van der Waals surface area contributed by atoms with Gasteiger partial charge in [-0.2, -0.15) is 4.99 Å². The molecule has 9 nitrogen and oxygen atoms in total. The van der Waals surface area contributed by atoms with E-state index in [0.717, 1.165) is 22.9 Å². The van der Waals surface area contributed by atoms with Gasteiger partial charge in [0, 0.05) is 29.8 Å². The number of nitrogens with one attached hydrogen (secondary N) is 2. The second-order valence-corrected chi connectivity index (χ2v) is 10.8. The molecule has 0 aliphatic carbocycles. The second kappa shape index (κ2) is 12.4. The Morgan fingerprint density at radius 1 is 0.975 bits per heavy atom. The summed E-state index contributed by atoms with van der Waals surface area (Å²) in [5.74, 6) is 0.207. The van der Waals surface area contributed by atoms with Crippen molar-refractivity contribution in [3.8, 4) is 16.9 Å². The molecule has 0 saturated carbocycles. The van der Waals surface area contributed by atoms with Crippen LogP contribution in [0, 0.1) is 5.82 Å². The monoisotopic (exact) mass is 561 g/mol. The highest BCUT2D eigenvalue weighted by atomic mass is 32.2. The first-order valence-corrected chi connectivity index (χ1v) is 14.2. The number of guanidine groups is 1. The zero-order chi connectivity index (χ0) is 28.7. The van der Waals surface area contributed by atoms with Crippen molar-refractivity contribution in [1.82, 2.24) is 4.98 Å². The van der Waals surface area contributed by atoms with E-state index in [1.807, 2.05) is 18.2 Å². The molecule has 0 saturated heterocycles. The quantitative estimate of drug-likeness (QED) is 0.195. The third-order valence-electron chi connectivity index (χ3n) is 5.71. The average molecular weight is 562 g/mol. The van der Waals surface area contributed by atoms with E-state index in [-0.39, 0.29) is 29.0 Å². The first-order valence-electron chi connectivity index (χ1n) is 12.3. The van der Waals surface area contributed by atoms with E-state index in [1.165, 1.54) is 24.3 Å². The first kappa shape index (κ1) is 28.2. The number of amides is 1. The Morgan fingerprint density at radius 2 is 1.68 bits per heavy atom. The van der Waals surface area contributed by atoms with Crippen LogP contribution in [0.5, 0.6) is 5.75 Å². The maximum Gasteiger partial charge on any atom is 0.228 e. The molecule has 11 heteroatoms. The van der Waals surface area contributed by atoms with Crippen LogP contribution in [0.25, 0.3) is 11.1 Å². The molecule has 0 aliphatic rings. The number of anilines is 2. The number of benzene rings is 3. The molecule has 0 unspecified atom stereocenters. The molecule has 1 aromatic heterocycles. The van der Waals surface area contributed by atoms with Gasteiger partial charge in [0.25, 0.3) is 0 Å². The van der Waals surface area contributed by atoms with Crippen LogP contribution in [0.3, 0.4) is 0 Å². The largest absolute Gasteiger partial charge is 0.492 e. The number of carbonyl (C=O) groups excluding carboxylic acids is 1. The number of halogens is 1. The van der Waals surface area contributed by atoms with Crippen LogP contribution in [-0.2, 0) is 21.1 Å². The SMILES string of the molecule is CCOc1cc(S(C)(=O)=O)ccc1NC(N)=Nc1ccc(-c2ccc(NC(=O)Cc3ccc(F)cc3)cc2)cn1. The van der Waals surface area contributed by atoms with Gasteiger partial charge in [-0.1, -0.05) is 24.3 Å². The number of sulfone groups is 1. The van der Waals surface area contributed by atoms with Gasteiger partial charge in [0.2, 0.25) is 5.91 Å². The maximum absolute atomic E-state index is 13.0. The summed E-state index contributed by atoms with van der Waals surface area (Å²) in [4.78, 5) is 21.1. The van der Waals surface area contributed by atoms with E-state index in [2.05, 4.69) is 20.6 Å². The minimum Gasteiger partial charge on any atom is -0.492 e. The Morgan fingerprint density at radius 3 is 2.30 bits per heavy atom. The lowest BCUT2D eigenvalue weighted by Gasteiger charge is -2.13. The fraction of sp³-hybridized carbons (Fsp3) is 0.138. The summed E-state index contributed by atoms with van der Waals surface area (Å²) in [7, 11) is -3.39. The Hall–Kier alpha value is -4.77. The normalized spacial score (nSPS) is 11.6. The first-order chi connectivity index (χ1) is 19.1. The zero-order valence-corrected chi connectivity index (χ0v) is 22.7. The van der Waals surface area contributed by atoms with Crippen LogP contribution in [0.4, 0.5) is 21.6 Å². The number of rotatable bonds is 9. The predicted octanol–water partition coefficient (Wildman–Crippen LogP) is 4.93. The van der Waals surface area contributed by atoms with Crippen LogP contribution in [-0.4, -0.2) is 38.1 Å². The number of aromatic nitrogens is 1. The minimum atomic E-state index is -3.39. The number of ether oxygens (including phenoxy) is 1. The van der Waals surface area contributed by atoms with Gasteiger partial charge < -0.3 is 21.1 Å². The lowest BCUT2D eigenvalue weighted by molar-refractivity contribution is -0.115. The Labute approximate surface area is 231 Å². The van der Waals surface area contributed by atoms with Crippen LogP contribution in [0.1, 0.15) is 12.5 Å². The van der Waals surface area contributed by atoms with E-state index >= 15 is 0 Å². The summed E-state index contributed by atoms with van der Waals surface area (Å²) in [6, 6.07) is 21.1. The van der Waals surface area contributed by atoms with Crippen LogP contribution in [0.15, 0.2) is 94.9 Å². The summed E-state index contributed by atoms with van der Waals surface area (Å²) in [5, 5.41) is 5.76. The highest BCUT2D eigenvalue weighted by molar-refractivity contribution is 7.90. The van der Waals surface area contributed by atoms with Crippen LogP contribution in [0.2, 0.25) is 0 Å².